The molecule has 0 nitrogen and oxygen atoms in total. The minimum absolute atomic E-state index is 0.246. The van der Waals surface area contributed by atoms with Gasteiger partial charge >= 0.3 is 0 Å². The highest BCUT2D eigenvalue weighted by Gasteiger charge is 2.27. The molecule has 1 radical (unpaired) electrons. The van der Waals surface area contributed by atoms with Gasteiger partial charge in [0.05, 0.1) is 0 Å². The molecule has 3 rings (SSSR count). The average Bonchev–Trinajstić information content (AvgIpc) is 2.86. The predicted octanol–water partition coefficient (Wildman–Crippen LogP) is 7.97. The largest absolute Gasteiger partial charge is 0.226 e. The molecule has 0 spiro atoms. The van der Waals surface area contributed by atoms with E-state index in [0.717, 1.165) is 0 Å². The van der Waals surface area contributed by atoms with Gasteiger partial charge < -0.3 is 0 Å². The van der Waals surface area contributed by atoms with Crippen LogP contribution in [0.4, 0.5) is 0 Å². The zero-order valence-corrected chi connectivity index (χ0v) is 30.0. The van der Waals surface area contributed by atoms with Crippen molar-refractivity contribution < 1.29 is 0 Å². The molecule has 4 heteroatoms. The Morgan fingerprint density at radius 3 is 0.750 bits per heavy atom. The van der Waals surface area contributed by atoms with E-state index < -0.39 is 0 Å². The van der Waals surface area contributed by atoms with Gasteiger partial charge in [-0.2, -0.15) is 0 Å². The van der Waals surface area contributed by atoms with Crippen LogP contribution < -0.4 is 32.3 Å². The summed E-state index contributed by atoms with van der Waals surface area (Å²) in [5.41, 5.74) is 8.51. The van der Waals surface area contributed by atoms with Crippen LogP contribution in [-0.2, 0) is 0 Å². The molecule has 3 aromatic carbocycles. The molecule has 0 aliphatic rings. The Kier molecular flexibility index (Phi) is 12.5. The molecule has 0 amide bonds. The first-order valence-electron chi connectivity index (χ1n) is 15.5. The number of benzene rings is 3. The Bertz CT molecular complexity index is 1040. The molecule has 0 aliphatic carbocycles. The van der Waals surface area contributed by atoms with Crippen LogP contribution in [0.3, 0.4) is 0 Å². The summed E-state index contributed by atoms with van der Waals surface area (Å²) in [6.07, 6.45) is 0. The van der Waals surface area contributed by atoms with Crippen molar-refractivity contribution in [1.82, 2.24) is 0 Å². The van der Waals surface area contributed by atoms with Crippen molar-refractivity contribution in [3.8, 4) is 0 Å². The Labute approximate surface area is 251 Å². The van der Waals surface area contributed by atoms with E-state index in [-0.39, 0.29) is 30.5 Å². The Balaban J connectivity index is 2.48. The smallest absolute Gasteiger partial charge is 0.0225 e. The molecule has 0 atom stereocenters. The van der Waals surface area contributed by atoms with Gasteiger partial charge in [-0.1, -0.05) is 196 Å². The molecule has 0 fully saturated rings. The van der Waals surface area contributed by atoms with Crippen LogP contribution in [-0.4, -0.2) is 40.7 Å². The SMILES string of the molecule is CC(C)P(c1ccccc1[B-](c1ccccc1P(C(C)C)C(C)C)c1ccccc1P(C(C)C)C(C)C)C(C)C. The number of hydrogen-bond donors (Lipinski definition) is 0. The standard InChI is InChI=1S/C36H54BP3/c1-25(2)38(26(3)4)34-22-16-13-19-31(34)37(32-20-14-17-23-35(32)39(27(5)6)28(7)8)33-21-15-18-24-36(33)40(29(9)10)30(11)12/h13-30H,1-12H3/q-1. The lowest BCUT2D eigenvalue weighted by Crippen LogP contribution is -2.63. The normalized spacial score (nSPS) is 12.8. The number of hydrogen-bond acceptors (Lipinski definition) is 0. The van der Waals surface area contributed by atoms with Gasteiger partial charge in [0.15, 0.2) is 0 Å². The van der Waals surface area contributed by atoms with Crippen molar-refractivity contribution in [2.24, 2.45) is 0 Å². The number of rotatable bonds is 12. The highest BCUT2D eigenvalue weighted by atomic mass is 31.1. The second-order valence-corrected chi connectivity index (χ2v) is 23.0. The van der Waals surface area contributed by atoms with Gasteiger partial charge in [0.1, 0.15) is 0 Å². The molecular formula is C36H54BP3-. The third-order valence-electron chi connectivity index (χ3n) is 7.92. The van der Waals surface area contributed by atoms with Gasteiger partial charge in [-0.25, -0.2) is 16.4 Å². The molecule has 217 valence electrons. The summed E-state index contributed by atoms with van der Waals surface area (Å²) in [4.78, 5) is 0. The summed E-state index contributed by atoms with van der Waals surface area (Å²) in [5, 5.41) is 4.82. The fourth-order valence-corrected chi connectivity index (χ4v) is 16.1. The van der Waals surface area contributed by atoms with Gasteiger partial charge in [0.2, 0.25) is 0 Å². The van der Waals surface area contributed by atoms with Gasteiger partial charge in [0.25, 0.3) is 0 Å². The molecule has 40 heavy (non-hydrogen) atoms. The van der Waals surface area contributed by atoms with Crippen molar-refractivity contribution in [3.63, 3.8) is 0 Å². The van der Waals surface area contributed by atoms with E-state index in [4.69, 9.17) is 0 Å². The molecule has 0 saturated carbocycles. The van der Waals surface area contributed by atoms with Crippen LogP contribution in [0.5, 0.6) is 0 Å². The van der Waals surface area contributed by atoms with Crippen molar-refractivity contribution >= 4 is 62.8 Å². The van der Waals surface area contributed by atoms with Crippen LogP contribution in [0.25, 0.3) is 0 Å². The average molecular weight is 591 g/mol. The molecule has 0 unspecified atom stereocenters. The van der Waals surface area contributed by atoms with Crippen molar-refractivity contribution in [2.45, 2.75) is 117 Å². The summed E-state index contributed by atoms with van der Waals surface area (Å²) in [6.45, 7) is 29.5. The molecule has 0 aliphatic heterocycles. The minimum Gasteiger partial charge on any atom is -0.226 e. The summed E-state index contributed by atoms with van der Waals surface area (Å²) in [6, 6.07) is 28.6. The lowest BCUT2D eigenvalue weighted by Gasteiger charge is -2.43. The summed E-state index contributed by atoms with van der Waals surface area (Å²) >= 11 is 0. The van der Waals surface area contributed by atoms with E-state index in [2.05, 4.69) is 156 Å². The second-order valence-electron chi connectivity index (χ2n) is 12.9. The third-order valence-corrected chi connectivity index (χ3v) is 17.5. The van der Waals surface area contributed by atoms with Crippen LogP contribution in [0.1, 0.15) is 83.1 Å². The minimum atomic E-state index is -0.297. The van der Waals surface area contributed by atoms with Crippen LogP contribution in [0.2, 0.25) is 0 Å². The Morgan fingerprint density at radius 1 is 0.350 bits per heavy atom. The first-order valence-corrected chi connectivity index (χ1v) is 19.9. The van der Waals surface area contributed by atoms with Crippen LogP contribution in [0, 0.1) is 0 Å². The lowest BCUT2D eigenvalue weighted by atomic mass is 9.36. The molecular weight excluding hydrogens is 536 g/mol. The highest BCUT2D eigenvalue weighted by Crippen LogP contribution is 2.46. The topological polar surface area (TPSA) is 0 Å². The lowest BCUT2D eigenvalue weighted by molar-refractivity contribution is 1.02. The van der Waals surface area contributed by atoms with Gasteiger partial charge in [-0.3, -0.25) is 0 Å². The van der Waals surface area contributed by atoms with Crippen molar-refractivity contribution in [3.05, 3.63) is 72.8 Å². The van der Waals surface area contributed by atoms with Gasteiger partial charge in [0, 0.05) is 0 Å². The maximum Gasteiger partial charge on any atom is -0.0225 e. The van der Waals surface area contributed by atoms with Crippen molar-refractivity contribution in [2.75, 3.05) is 0 Å². The molecule has 0 heterocycles. The Morgan fingerprint density at radius 2 is 0.550 bits per heavy atom. The maximum atomic E-state index is 2.48. The van der Waals surface area contributed by atoms with E-state index in [1.165, 1.54) is 0 Å². The zero-order chi connectivity index (χ0) is 29.7. The van der Waals surface area contributed by atoms with E-state index in [9.17, 15) is 0 Å². The van der Waals surface area contributed by atoms with E-state index >= 15 is 0 Å². The predicted molar refractivity (Wildman–Crippen MR) is 194 cm³/mol. The van der Waals surface area contributed by atoms with E-state index in [0.29, 0.717) is 34.0 Å². The summed E-state index contributed by atoms with van der Waals surface area (Å²) in [7, 11) is -0.891. The maximum absolute atomic E-state index is 2.48. The fourth-order valence-electron chi connectivity index (χ4n) is 6.86. The first-order chi connectivity index (χ1) is 18.9. The molecule has 0 bridgehead atoms. The molecule has 3 aromatic rings. The van der Waals surface area contributed by atoms with Gasteiger partial charge in [-0.15, -0.1) is 0 Å². The quantitative estimate of drug-likeness (QED) is 0.148. The Hall–Kier alpha value is -0.985. The second kappa shape index (κ2) is 15.0. The third kappa shape index (κ3) is 7.50. The van der Waals surface area contributed by atoms with Crippen LogP contribution in [0.15, 0.2) is 72.8 Å². The highest BCUT2D eigenvalue weighted by molar-refractivity contribution is 7.69. The monoisotopic (exact) mass is 590 g/mol. The van der Waals surface area contributed by atoms with Crippen molar-refractivity contribution in [1.29, 1.82) is 0 Å². The van der Waals surface area contributed by atoms with E-state index in [1.54, 1.807) is 32.3 Å². The zero-order valence-electron chi connectivity index (χ0n) is 27.3. The molecule has 0 aromatic heterocycles. The van der Waals surface area contributed by atoms with E-state index in [1.807, 2.05) is 0 Å². The van der Waals surface area contributed by atoms with Gasteiger partial charge in [-0.05, 0) is 40.7 Å². The summed E-state index contributed by atoms with van der Waals surface area (Å²) in [5.74, 6) is 0. The van der Waals surface area contributed by atoms with Crippen LogP contribution >= 0.6 is 23.8 Å². The first kappa shape index (κ1) is 33.5. The molecule has 0 saturated heterocycles. The molecule has 0 N–H and O–H groups in total. The fraction of sp³-hybridized carbons (Fsp3) is 0.500. The summed E-state index contributed by atoms with van der Waals surface area (Å²) < 4.78 is 0.